The number of hydrogen-bond acceptors (Lipinski definition) is 3. The molecule has 0 radical (unpaired) electrons. The van der Waals surface area contributed by atoms with Gasteiger partial charge in [-0.2, -0.15) is 0 Å². The van der Waals surface area contributed by atoms with Crippen LogP contribution in [-0.2, 0) is 6.42 Å². The maximum absolute atomic E-state index is 13.0. The van der Waals surface area contributed by atoms with E-state index in [9.17, 15) is 9.90 Å². The van der Waals surface area contributed by atoms with Gasteiger partial charge in [0.1, 0.15) is 17.1 Å². The molecule has 0 aliphatic carbocycles. The van der Waals surface area contributed by atoms with Crippen LogP contribution in [-0.4, -0.2) is 10.9 Å². The number of furan rings is 1. The third-order valence-electron chi connectivity index (χ3n) is 3.84. The first-order chi connectivity index (χ1) is 10.9. The first kappa shape index (κ1) is 16.3. The standard InChI is InChI=1S/C18H14Br2O3/c1-3-15-17(12-5-4-11(21)8-16(12)23-15)18(22)10-6-13(19)9(2)14(20)7-10/h4-8,21H,3H2,1-2H3. The van der Waals surface area contributed by atoms with Gasteiger partial charge in [0.15, 0.2) is 5.78 Å². The average molecular weight is 438 g/mol. The summed E-state index contributed by atoms with van der Waals surface area (Å²) in [5.74, 6) is 0.657. The van der Waals surface area contributed by atoms with Crippen molar-refractivity contribution in [2.75, 3.05) is 0 Å². The zero-order valence-corrected chi connectivity index (χ0v) is 15.8. The third-order valence-corrected chi connectivity index (χ3v) is 5.49. The van der Waals surface area contributed by atoms with Gasteiger partial charge in [0, 0.05) is 32.4 Å². The van der Waals surface area contributed by atoms with E-state index in [0.717, 1.165) is 19.9 Å². The molecule has 0 bridgehead atoms. The maximum Gasteiger partial charge on any atom is 0.197 e. The molecular weight excluding hydrogens is 424 g/mol. The van der Waals surface area contributed by atoms with Crippen LogP contribution in [0.15, 0.2) is 43.7 Å². The number of aromatic hydroxyl groups is 1. The Morgan fingerprint density at radius 1 is 1.17 bits per heavy atom. The Kier molecular flexibility index (Phi) is 4.34. The van der Waals surface area contributed by atoms with E-state index in [1.165, 1.54) is 6.07 Å². The van der Waals surface area contributed by atoms with Crippen molar-refractivity contribution in [1.29, 1.82) is 0 Å². The number of aryl methyl sites for hydroxylation is 1. The summed E-state index contributed by atoms with van der Waals surface area (Å²) in [5.41, 5.74) is 2.71. The third kappa shape index (κ3) is 2.83. The normalized spacial score (nSPS) is 11.1. The van der Waals surface area contributed by atoms with Crippen molar-refractivity contribution < 1.29 is 14.3 Å². The molecule has 118 valence electrons. The summed E-state index contributed by atoms with van der Waals surface area (Å²) in [7, 11) is 0. The number of benzene rings is 2. The molecule has 0 saturated carbocycles. The fraction of sp³-hybridized carbons (Fsp3) is 0.167. The average Bonchev–Trinajstić information content (AvgIpc) is 2.88. The Hall–Kier alpha value is -1.59. The number of phenols is 1. The molecule has 3 nitrogen and oxygen atoms in total. The smallest absolute Gasteiger partial charge is 0.197 e. The number of fused-ring (bicyclic) bond motifs is 1. The minimum absolute atomic E-state index is 0.0901. The number of hydrogen-bond donors (Lipinski definition) is 1. The van der Waals surface area contributed by atoms with Crippen molar-refractivity contribution in [3.8, 4) is 5.75 Å². The molecule has 0 saturated heterocycles. The lowest BCUT2D eigenvalue weighted by Gasteiger charge is -2.07. The molecular formula is C18H14Br2O3. The number of phenolic OH excluding ortho intramolecular Hbond substituents is 1. The molecule has 0 aliphatic heterocycles. The summed E-state index contributed by atoms with van der Waals surface area (Å²) < 4.78 is 7.50. The zero-order valence-electron chi connectivity index (χ0n) is 12.6. The van der Waals surface area contributed by atoms with E-state index in [4.69, 9.17) is 4.42 Å². The summed E-state index contributed by atoms with van der Waals surface area (Å²) in [4.78, 5) is 13.0. The lowest BCUT2D eigenvalue weighted by molar-refractivity contribution is 0.103. The highest BCUT2D eigenvalue weighted by Crippen LogP contribution is 2.33. The second kappa shape index (κ2) is 6.13. The Balaban J connectivity index is 2.21. The summed E-state index contributed by atoms with van der Waals surface area (Å²) in [6.07, 6.45) is 0.602. The van der Waals surface area contributed by atoms with Gasteiger partial charge in [0.25, 0.3) is 0 Å². The molecule has 0 aliphatic rings. The highest BCUT2D eigenvalue weighted by Gasteiger charge is 2.22. The molecule has 5 heteroatoms. The van der Waals surface area contributed by atoms with Crippen molar-refractivity contribution in [2.45, 2.75) is 20.3 Å². The van der Waals surface area contributed by atoms with Crippen LogP contribution in [0.1, 0.15) is 34.2 Å². The molecule has 0 spiro atoms. The molecule has 0 amide bonds. The van der Waals surface area contributed by atoms with Gasteiger partial charge in [0.2, 0.25) is 0 Å². The van der Waals surface area contributed by atoms with Crippen LogP contribution in [0, 0.1) is 6.92 Å². The zero-order chi connectivity index (χ0) is 16.7. The van der Waals surface area contributed by atoms with E-state index in [0.29, 0.717) is 28.9 Å². The Labute approximate surface area is 150 Å². The van der Waals surface area contributed by atoms with Crippen LogP contribution in [0.3, 0.4) is 0 Å². The summed E-state index contributed by atoms with van der Waals surface area (Å²) >= 11 is 6.97. The second-order valence-electron chi connectivity index (χ2n) is 5.33. The van der Waals surface area contributed by atoms with Crippen molar-refractivity contribution in [3.63, 3.8) is 0 Å². The molecule has 0 atom stereocenters. The number of ketones is 1. The van der Waals surface area contributed by atoms with Crippen LogP contribution < -0.4 is 0 Å². The number of carbonyl (C=O) groups is 1. The van der Waals surface area contributed by atoms with Gasteiger partial charge in [-0.15, -0.1) is 0 Å². The van der Waals surface area contributed by atoms with Crippen molar-refractivity contribution in [2.24, 2.45) is 0 Å². The van der Waals surface area contributed by atoms with E-state index in [1.54, 1.807) is 12.1 Å². The van der Waals surface area contributed by atoms with E-state index in [1.807, 2.05) is 26.0 Å². The Morgan fingerprint density at radius 3 is 2.43 bits per heavy atom. The molecule has 2 aromatic carbocycles. The topological polar surface area (TPSA) is 50.4 Å². The van der Waals surface area contributed by atoms with E-state index >= 15 is 0 Å². The monoisotopic (exact) mass is 436 g/mol. The molecule has 1 heterocycles. The summed E-state index contributed by atoms with van der Waals surface area (Å²) in [6.45, 7) is 3.91. The minimum Gasteiger partial charge on any atom is -0.508 e. The van der Waals surface area contributed by atoms with Crippen LogP contribution in [0.5, 0.6) is 5.75 Å². The fourth-order valence-electron chi connectivity index (χ4n) is 2.55. The first-order valence-electron chi connectivity index (χ1n) is 7.17. The SMILES string of the molecule is CCc1oc2cc(O)ccc2c1C(=O)c1cc(Br)c(C)c(Br)c1. The van der Waals surface area contributed by atoms with Gasteiger partial charge in [0.05, 0.1) is 5.56 Å². The molecule has 1 aromatic heterocycles. The van der Waals surface area contributed by atoms with Gasteiger partial charge >= 0.3 is 0 Å². The summed E-state index contributed by atoms with van der Waals surface area (Å²) in [5, 5.41) is 10.3. The predicted molar refractivity (Wildman–Crippen MR) is 97.3 cm³/mol. The van der Waals surface area contributed by atoms with Gasteiger partial charge in [-0.1, -0.05) is 38.8 Å². The molecule has 3 rings (SSSR count). The van der Waals surface area contributed by atoms with E-state index in [-0.39, 0.29) is 11.5 Å². The van der Waals surface area contributed by atoms with Crippen molar-refractivity contribution in [3.05, 3.63) is 61.7 Å². The van der Waals surface area contributed by atoms with Crippen LogP contribution in [0.25, 0.3) is 11.0 Å². The Morgan fingerprint density at radius 2 is 1.83 bits per heavy atom. The molecule has 3 aromatic rings. The van der Waals surface area contributed by atoms with E-state index in [2.05, 4.69) is 31.9 Å². The summed E-state index contributed by atoms with van der Waals surface area (Å²) in [6, 6.07) is 8.46. The fourth-order valence-corrected chi connectivity index (χ4v) is 3.74. The maximum atomic E-state index is 13.0. The lowest BCUT2D eigenvalue weighted by Crippen LogP contribution is -2.04. The predicted octanol–water partition coefficient (Wildman–Crippen LogP) is 5.77. The minimum atomic E-state index is -0.0901. The molecule has 23 heavy (non-hydrogen) atoms. The molecule has 0 fully saturated rings. The van der Waals surface area contributed by atoms with Gasteiger partial charge in [-0.3, -0.25) is 4.79 Å². The van der Waals surface area contributed by atoms with Crippen LogP contribution in [0.2, 0.25) is 0 Å². The van der Waals surface area contributed by atoms with Gasteiger partial charge < -0.3 is 9.52 Å². The highest BCUT2D eigenvalue weighted by atomic mass is 79.9. The Bertz CT molecular complexity index is 902. The number of halogens is 2. The van der Waals surface area contributed by atoms with Crippen LogP contribution >= 0.6 is 31.9 Å². The lowest BCUT2D eigenvalue weighted by atomic mass is 9.98. The number of carbonyl (C=O) groups excluding carboxylic acids is 1. The highest BCUT2D eigenvalue weighted by molar-refractivity contribution is 9.11. The van der Waals surface area contributed by atoms with Crippen molar-refractivity contribution in [1.82, 2.24) is 0 Å². The van der Waals surface area contributed by atoms with Crippen LogP contribution in [0.4, 0.5) is 0 Å². The number of rotatable bonds is 3. The van der Waals surface area contributed by atoms with Gasteiger partial charge in [-0.25, -0.2) is 0 Å². The second-order valence-corrected chi connectivity index (χ2v) is 7.04. The first-order valence-corrected chi connectivity index (χ1v) is 8.75. The largest absolute Gasteiger partial charge is 0.508 e. The quantitative estimate of drug-likeness (QED) is 0.529. The molecule has 0 unspecified atom stereocenters. The van der Waals surface area contributed by atoms with Crippen molar-refractivity contribution >= 4 is 48.6 Å². The van der Waals surface area contributed by atoms with Gasteiger partial charge in [-0.05, 0) is 36.8 Å². The van der Waals surface area contributed by atoms with E-state index < -0.39 is 0 Å². The molecule has 1 N–H and O–H groups in total.